The summed E-state index contributed by atoms with van der Waals surface area (Å²) in [7, 11) is -3.52. The first-order valence-electron chi connectivity index (χ1n) is 40.7. The van der Waals surface area contributed by atoms with Gasteiger partial charge in [-0.2, -0.15) is 0 Å². The van der Waals surface area contributed by atoms with Crippen molar-refractivity contribution in [3.05, 3.63) is 23.8 Å². The molecule has 127 heavy (non-hydrogen) atoms. The van der Waals surface area contributed by atoms with Crippen LogP contribution in [0.5, 0.6) is 11.5 Å². The molecule has 0 aliphatic carbocycles. The van der Waals surface area contributed by atoms with Crippen LogP contribution in [-0.2, 0) is 118 Å². The van der Waals surface area contributed by atoms with E-state index in [4.69, 9.17) is 70.8 Å². The van der Waals surface area contributed by atoms with Crippen LogP contribution < -0.4 is 62.2 Å². The molecule has 0 bridgehead atoms. The zero-order valence-electron chi connectivity index (χ0n) is 71.0. The number of hydrogen-bond donors (Lipinski definition) is 21. The summed E-state index contributed by atoms with van der Waals surface area (Å²) in [6.45, 7) is -6.51. The summed E-state index contributed by atoms with van der Waals surface area (Å²) in [4.78, 5) is 158. The van der Waals surface area contributed by atoms with Crippen LogP contribution in [0.4, 0.5) is 0 Å². The molecule has 4 aliphatic heterocycles. The van der Waals surface area contributed by atoms with Gasteiger partial charge in [-0.1, -0.05) is 12.8 Å². The molecule has 1 aromatic carbocycles. The molecule has 0 saturated carbocycles. The van der Waals surface area contributed by atoms with Gasteiger partial charge in [0.05, 0.1) is 112 Å². The maximum atomic E-state index is 14.3. The number of carbonyl (C=O) groups excluding carboxylic acids is 11. The lowest BCUT2D eigenvalue weighted by molar-refractivity contribution is -0.272. The van der Waals surface area contributed by atoms with Crippen LogP contribution in [0.2, 0.25) is 0 Å². The molecule has 0 radical (unpaired) electrons. The Labute approximate surface area is 729 Å². The Hall–Kier alpha value is -7.86. The standard InChI is InChI=1S/C74H124N11O41P/c1-41(90)80-58-66(104)62(100)48(35-86)123-71(58)116-24-20-112-16-11-75-52(94)31-84(32-53(95)76-12-17-113-21-25-117-72-59(81-42(2)91)67(105)63(101)49(36-87)124-72)56(98)39-120-46-28-45(70(108)79-10-8-6-7-9-15-122-127(109,110)111-5)29-47(30-46)121-40-57(99)85(33-54(96)77-13-18-114-22-26-118-73-60(82-43(3)92)68(106)64(102)50(37-88)125-73)34-55(97)78-14-19-115-23-27-119-74-61(83-44(4)93)69(107)65(103)51(38-89)126-74/h28-30,48-51,58-69,71-74,86-89,100-107H,6-27,31-40H2,1-5H3,(H,75,94)(H,76,95)(H,77,96)(H,78,97)(H,79,108)(H,80,90)(H,81,91)(H,82,92)(H,83,93)(H,109,110)/p-1. The Kier molecular flexibility index (Phi) is 50.7. The molecule has 1 aromatic rings. The monoisotopic (exact) mass is 1850 g/mol. The van der Waals surface area contributed by atoms with E-state index < -0.39 is 261 Å². The minimum absolute atomic E-state index is 0.0461. The maximum Gasteiger partial charge on any atom is 0.267 e. The highest BCUT2D eigenvalue weighted by Gasteiger charge is 2.49. The lowest BCUT2D eigenvalue weighted by Gasteiger charge is -2.42. The summed E-state index contributed by atoms with van der Waals surface area (Å²) >= 11 is 0. The third-order valence-electron chi connectivity index (χ3n) is 19.1. The first-order valence-corrected chi connectivity index (χ1v) is 42.2. The molecule has 11 amide bonds. The van der Waals surface area contributed by atoms with Crippen LogP contribution in [0.15, 0.2) is 18.2 Å². The second-order valence-electron chi connectivity index (χ2n) is 29.0. The molecule has 4 heterocycles. The van der Waals surface area contributed by atoms with Crippen molar-refractivity contribution in [2.24, 2.45) is 0 Å². The van der Waals surface area contributed by atoms with Crippen molar-refractivity contribution in [3.8, 4) is 11.5 Å². The Morgan fingerprint density at radius 2 is 0.661 bits per heavy atom. The Bertz CT molecular complexity index is 3250. The number of nitrogens with one attached hydrogen (secondary N) is 9. The topological polar surface area (TPSA) is 733 Å². The molecule has 0 spiro atoms. The number of aliphatic hydroxyl groups excluding tert-OH is 12. The van der Waals surface area contributed by atoms with Crippen molar-refractivity contribution in [3.63, 3.8) is 0 Å². The lowest BCUT2D eigenvalue weighted by Crippen LogP contribution is -2.64. The van der Waals surface area contributed by atoms with Gasteiger partial charge in [0.1, 0.15) is 135 Å². The van der Waals surface area contributed by atoms with Crippen molar-refractivity contribution >= 4 is 72.8 Å². The third-order valence-corrected chi connectivity index (χ3v) is 20.0. The van der Waals surface area contributed by atoms with Crippen LogP contribution >= 0.6 is 7.82 Å². The van der Waals surface area contributed by atoms with Gasteiger partial charge in [-0.05, 0) is 25.0 Å². The van der Waals surface area contributed by atoms with Crippen LogP contribution in [-0.4, -0.2) is 450 Å². The van der Waals surface area contributed by atoms with Crippen molar-refractivity contribution < 1.29 is 199 Å². The molecule has 21 atom stereocenters. The first kappa shape index (κ1) is 110. The molecule has 5 rings (SSSR count). The van der Waals surface area contributed by atoms with Gasteiger partial charge >= 0.3 is 0 Å². The minimum atomic E-state index is -4.47. The summed E-state index contributed by atoms with van der Waals surface area (Å²) in [5.41, 5.74) is -0.199. The number of phosphoric acid groups is 1. The van der Waals surface area contributed by atoms with Crippen LogP contribution in [0, 0.1) is 0 Å². The van der Waals surface area contributed by atoms with Gasteiger partial charge in [0.25, 0.3) is 25.5 Å². The number of amides is 11. The second-order valence-corrected chi connectivity index (χ2v) is 30.5. The molecule has 21 N–H and O–H groups in total. The average Bonchev–Trinajstić information content (AvgIpc) is 0.819. The fraction of sp³-hybridized carbons (Fsp3) is 0.770. The molecular formula is C74H123N11O41P-. The number of nitrogens with zero attached hydrogens (tertiary/aromatic N) is 2. The molecule has 21 unspecified atom stereocenters. The summed E-state index contributed by atoms with van der Waals surface area (Å²) in [6.07, 6.45) is -21.4. The van der Waals surface area contributed by atoms with E-state index in [9.17, 15) is 123 Å². The largest absolute Gasteiger partial charge is 0.756 e. The third kappa shape index (κ3) is 39.4. The molecule has 4 saturated heterocycles. The van der Waals surface area contributed by atoms with E-state index in [2.05, 4.69) is 52.4 Å². The lowest BCUT2D eigenvalue weighted by atomic mass is 9.97. The zero-order valence-corrected chi connectivity index (χ0v) is 71.8. The summed E-state index contributed by atoms with van der Waals surface area (Å²) in [5.74, 6) is -9.06. The quantitative estimate of drug-likeness (QED) is 0.0213. The van der Waals surface area contributed by atoms with Gasteiger partial charge in [0.15, 0.2) is 38.4 Å². The van der Waals surface area contributed by atoms with Gasteiger partial charge in [-0.25, -0.2) is 0 Å². The number of hydrogen-bond acceptors (Lipinski definition) is 41. The molecule has 726 valence electrons. The minimum Gasteiger partial charge on any atom is -0.756 e. The Balaban J connectivity index is 1.31. The molecule has 4 aliphatic rings. The summed E-state index contributed by atoms with van der Waals surface area (Å²) < 4.78 is 99.5. The average molecular weight is 1850 g/mol. The smallest absolute Gasteiger partial charge is 0.267 e. The van der Waals surface area contributed by atoms with Crippen LogP contribution in [0.1, 0.15) is 63.7 Å². The molecule has 53 heteroatoms. The van der Waals surface area contributed by atoms with E-state index in [-0.39, 0.29) is 136 Å². The molecule has 4 fully saturated rings. The van der Waals surface area contributed by atoms with Gasteiger partial charge in [-0.3, -0.25) is 57.3 Å². The van der Waals surface area contributed by atoms with Gasteiger partial charge in [-0.15, -0.1) is 0 Å². The zero-order chi connectivity index (χ0) is 93.7. The van der Waals surface area contributed by atoms with Crippen molar-refractivity contribution in [1.82, 2.24) is 57.7 Å². The predicted octanol–water partition coefficient (Wildman–Crippen LogP) is -13.1. The van der Waals surface area contributed by atoms with E-state index >= 15 is 0 Å². The normalized spacial score (nSPS) is 26.3. The first-order chi connectivity index (χ1) is 60.5. The fourth-order valence-electron chi connectivity index (χ4n) is 12.6. The van der Waals surface area contributed by atoms with E-state index in [1.165, 1.54) is 12.1 Å². The van der Waals surface area contributed by atoms with Gasteiger partial charge in [0, 0.05) is 79.2 Å². The molecule has 0 aromatic heterocycles. The van der Waals surface area contributed by atoms with Gasteiger partial charge in [0.2, 0.25) is 47.3 Å². The van der Waals surface area contributed by atoms with Crippen molar-refractivity contribution in [1.29, 1.82) is 0 Å². The van der Waals surface area contributed by atoms with Crippen molar-refractivity contribution in [2.45, 2.75) is 176 Å². The summed E-state index contributed by atoms with van der Waals surface area (Å²) in [6, 6.07) is -1.48. The second kappa shape index (κ2) is 58.7. The van der Waals surface area contributed by atoms with E-state index in [0.717, 1.165) is 50.7 Å². The SMILES string of the molecule is COP(=O)([O-])OCCCCCCNC(=O)c1cc(OCC(=O)N(CC(=O)NCCOCCOC2OC(CO)C(O)C(O)C2NC(C)=O)CC(=O)NCCOCCOC2OC(CO)C(O)C(O)C2NC(C)=O)cc(OCC(=O)N(CC(=O)NCCOCCOC2OC(CO)C(O)C(O)C2NC(C)=O)CC(=O)NCCOCCOC2OC(CO)C(O)C(O)C2NC(C)=O)c1. The van der Waals surface area contributed by atoms with Crippen molar-refractivity contribution in [2.75, 3.05) is 192 Å². The number of carbonyl (C=O) groups is 11. The van der Waals surface area contributed by atoms with Gasteiger partial charge < -0.3 is 199 Å². The fourth-order valence-corrected chi connectivity index (χ4v) is 13.1. The predicted molar refractivity (Wildman–Crippen MR) is 423 cm³/mol. The molecule has 52 nitrogen and oxygen atoms in total. The highest BCUT2D eigenvalue weighted by Crippen LogP contribution is 2.37. The van der Waals surface area contributed by atoms with E-state index in [1.54, 1.807) is 0 Å². The number of unbranched alkanes of at least 4 members (excludes halogenated alkanes) is 3. The number of phosphoric ester groups is 1. The van der Waals surface area contributed by atoms with E-state index in [0.29, 0.717) is 25.7 Å². The number of aliphatic hydroxyl groups is 12. The van der Waals surface area contributed by atoms with Crippen LogP contribution in [0.3, 0.4) is 0 Å². The molecular weight excluding hydrogens is 1730 g/mol. The Morgan fingerprint density at radius 3 is 0.929 bits per heavy atom. The van der Waals surface area contributed by atoms with Crippen LogP contribution in [0.25, 0.3) is 0 Å². The Morgan fingerprint density at radius 1 is 0.378 bits per heavy atom. The van der Waals surface area contributed by atoms with E-state index in [1.807, 2.05) is 0 Å². The number of benzene rings is 1. The maximum absolute atomic E-state index is 14.3. The highest BCUT2D eigenvalue weighted by atomic mass is 31.2. The number of ether oxygens (including phenoxy) is 14. The summed E-state index contributed by atoms with van der Waals surface area (Å²) in [5, 5.41) is 145. The number of rotatable bonds is 60. The highest BCUT2D eigenvalue weighted by molar-refractivity contribution is 7.45.